The molecule has 0 N–H and O–H groups in total. The average Bonchev–Trinajstić information content (AvgIpc) is 3.15. The summed E-state index contributed by atoms with van der Waals surface area (Å²) in [6.07, 6.45) is 10.3. The molecular weight excluding hydrogens is 300 g/mol. The molecule has 0 aromatic heterocycles. The van der Waals surface area contributed by atoms with Gasteiger partial charge in [-0.25, -0.2) is 0 Å². The summed E-state index contributed by atoms with van der Waals surface area (Å²) in [7, 11) is 0. The van der Waals surface area contributed by atoms with E-state index in [1.165, 1.54) is 32.1 Å². The van der Waals surface area contributed by atoms with Gasteiger partial charge in [-0.3, -0.25) is 4.79 Å². The predicted molar refractivity (Wildman–Crippen MR) is 91.4 cm³/mol. The number of hydrogen-bond donors (Lipinski definition) is 0. The first-order chi connectivity index (χ1) is 11.5. The van der Waals surface area contributed by atoms with E-state index in [-0.39, 0.29) is 11.2 Å². The highest BCUT2D eigenvalue weighted by Crippen LogP contribution is 2.69. The molecule has 3 nitrogen and oxygen atoms in total. The topological polar surface area (TPSA) is 35.5 Å². The quantitative estimate of drug-likeness (QED) is 0.662. The van der Waals surface area contributed by atoms with Gasteiger partial charge < -0.3 is 9.47 Å². The van der Waals surface area contributed by atoms with E-state index in [1.807, 2.05) is 0 Å². The summed E-state index contributed by atoms with van der Waals surface area (Å²) in [5.74, 6) is 3.29. The number of hydrogen-bond acceptors (Lipinski definition) is 3. The van der Waals surface area contributed by atoms with Crippen molar-refractivity contribution in [3.8, 4) is 0 Å². The van der Waals surface area contributed by atoms with Gasteiger partial charge in [0.05, 0.1) is 13.2 Å². The van der Waals surface area contributed by atoms with Crippen LogP contribution in [-0.2, 0) is 14.3 Å². The standard InChI is InChI=1S/C21H32O3/c1-19-8-5-15(22)13-14(19)3-4-16-17(19)6-9-20(2)18(16)7-10-21(20)23-11-12-24-21/h14,16-18H,3-13H2,1-2H3/t14-,16+,17-,18+,19+,20+/m0/s1. The lowest BCUT2D eigenvalue weighted by Gasteiger charge is -2.60. The molecule has 0 aromatic carbocycles. The summed E-state index contributed by atoms with van der Waals surface area (Å²) in [5.41, 5.74) is 0.615. The lowest BCUT2D eigenvalue weighted by molar-refractivity contribution is -0.246. The fourth-order valence-corrected chi connectivity index (χ4v) is 7.93. The van der Waals surface area contributed by atoms with E-state index < -0.39 is 0 Å². The first-order valence-electron chi connectivity index (χ1n) is 10.3. The number of rotatable bonds is 0. The molecule has 134 valence electrons. The van der Waals surface area contributed by atoms with Crippen molar-refractivity contribution >= 4 is 5.78 Å². The van der Waals surface area contributed by atoms with Gasteiger partial charge in [0.25, 0.3) is 0 Å². The minimum Gasteiger partial charge on any atom is -0.347 e. The van der Waals surface area contributed by atoms with E-state index >= 15 is 0 Å². The summed E-state index contributed by atoms with van der Waals surface area (Å²) in [5, 5.41) is 0. The Morgan fingerprint density at radius 1 is 0.917 bits per heavy atom. The van der Waals surface area contributed by atoms with Gasteiger partial charge in [-0.05, 0) is 67.6 Å². The lowest BCUT2D eigenvalue weighted by Crippen LogP contribution is -2.56. The normalized spacial score (nSPS) is 52.8. The van der Waals surface area contributed by atoms with E-state index in [1.54, 1.807) is 0 Å². The van der Waals surface area contributed by atoms with Crippen molar-refractivity contribution in [2.24, 2.45) is 34.5 Å². The van der Waals surface area contributed by atoms with Crippen molar-refractivity contribution < 1.29 is 14.3 Å². The zero-order valence-electron chi connectivity index (χ0n) is 15.3. The van der Waals surface area contributed by atoms with Gasteiger partial charge in [0, 0.05) is 24.7 Å². The number of Topliss-reactive ketones (excluding diaryl/α,β-unsaturated/α-hetero) is 1. The average molecular weight is 332 g/mol. The second kappa shape index (κ2) is 5.07. The molecule has 0 bridgehead atoms. The summed E-state index contributed by atoms with van der Waals surface area (Å²) in [6.45, 7) is 6.54. The van der Waals surface area contributed by atoms with E-state index in [9.17, 15) is 4.79 Å². The van der Waals surface area contributed by atoms with Crippen LogP contribution in [0.3, 0.4) is 0 Å². The zero-order valence-corrected chi connectivity index (χ0v) is 15.3. The molecule has 1 aliphatic heterocycles. The van der Waals surface area contributed by atoms with Crippen molar-refractivity contribution in [1.29, 1.82) is 0 Å². The fraction of sp³-hybridized carbons (Fsp3) is 0.952. The van der Waals surface area contributed by atoms with Gasteiger partial charge in [-0.15, -0.1) is 0 Å². The highest BCUT2D eigenvalue weighted by atomic mass is 16.7. The molecule has 5 rings (SSSR count). The van der Waals surface area contributed by atoms with E-state index in [0.717, 1.165) is 56.7 Å². The highest BCUT2D eigenvalue weighted by Gasteiger charge is 2.67. The fourth-order valence-electron chi connectivity index (χ4n) is 7.93. The second-order valence-electron chi connectivity index (χ2n) is 9.84. The number of ether oxygens (including phenoxy) is 2. The van der Waals surface area contributed by atoms with Gasteiger partial charge in [0.2, 0.25) is 0 Å². The Kier molecular flexibility index (Phi) is 3.34. The molecule has 1 saturated heterocycles. The molecule has 1 heterocycles. The molecule has 4 saturated carbocycles. The maximum Gasteiger partial charge on any atom is 0.174 e. The van der Waals surface area contributed by atoms with Crippen molar-refractivity contribution in [3.63, 3.8) is 0 Å². The first-order valence-corrected chi connectivity index (χ1v) is 10.3. The molecule has 5 aliphatic rings. The number of carbonyl (C=O) groups excluding carboxylic acids is 1. The van der Waals surface area contributed by atoms with Crippen LogP contribution in [-0.4, -0.2) is 24.8 Å². The summed E-state index contributed by atoms with van der Waals surface area (Å²) < 4.78 is 12.5. The number of fused-ring (bicyclic) bond motifs is 6. The number of ketones is 1. The van der Waals surface area contributed by atoms with Gasteiger partial charge in [0.1, 0.15) is 5.78 Å². The van der Waals surface area contributed by atoms with Crippen molar-refractivity contribution in [2.75, 3.05) is 13.2 Å². The van der Waals surface area contributed by atoms with E-state index in [2.05, 4.69) is 13.8 Å². The smallest absolute Gasteiger partial charge is 0.174 e. The van der Waals surface area contributed by atoms with Crippen LogP contribution in [0.4, 0.5) is 0 Å². The molecule has 0 aromatic rings. The van der Waals surface area contributed by atoms with Crippen molar-refractivity contribution in [3.05, 3.63) is 0 Å². The lowest BCUT2D eigenvalue weighted by atomic mass is 9.45. The summed E-state index contributed by atoms with van der Waals surface area (Å²) >= 11 is 0. The largest absolute Gasteiger partial charge is 0.347 e. The predicted octanol–water partition coefficient (Wildman–Crippen LogP) is 4.34. The van der Waals surface area contributed by atoms with Gasteiger partial charge in [-0.1, -0.05) is 13.8 Å². The third kappa shape index (κ3) is 1.84. The van der Waals surface area contributed by atoms with Crippen molar-refractivity contribution in [2.45, 2.75) is 77.4 Å². The van der Waals surface area contributed by atoms with Crippen LogP contribution in [0.15, 0.2) is 0 Å². The van der Waals surface area contributed by atoms with Gasteiger partial charge in [0.15, 0.2) is 5.79 Å². The van der Waals surface area contributed by atoms with Crippen LogP contribution in [0.5, 0.6) is 0 Å². The molecular formula is C21H32O3. The minimum atomic E-state index is -0.275. The van der Waals surface area contributed by atoms with Crippen LogP contribution >= 0.6 is 0 Å². The monoisotopic (exact) mass is 332 g/mol. The molecule has 5 fully saturated rings. The molecule has 1 spiro atoms. The maximum atomic E-state index is 12.0. The van der Waals surface area contributed by atoms with Gasteiger partial charge in [-0.2, -0.15) is 0 Å². The zero-order chi connectivity index (χ0) is 16.6. The molecule has 0 unspecified atom stereocenters. The molecule has 0 radical (unpaired) electrons. The van der Waals surface area contributed by atoms with Gasteiger partial charge >= 0.3 is 0 Å². The van der Waals surface area contributed by atoms with Crippen LogP contribution in [0, 0.1) is 34.5 Å². The van der Waals surface area contributed by atoms with Crippen LogP contribution < -0.4 is 0 Å². The summed E-state index contributed by atoms with van der Waals surface area (Å²) in [6, 6.07) is 0. The van der Waals surface area contributed by atoms with E-state index in [0.29, 0.717) is 17.1 Å². The Morgan fingerprint density at radius 3 is 2.46 bits per heavy atom. The Morgan fingerprint density at radius 2 is 1.67 bits per heavy atom. The Hall–Kier alpha value is -0.410. The van der Waals surface area contributed by atoms with Crippen LogP contribution in [0.25, 0.3) is 0 Å². The van der Waals surface area contributed by atoms with Crippen LogP contribution in [0.2, 0.25) is 0 Å². The molecule has 24 heavy (non-hydrogen) atoms. The third-order valence-corrected chi connectivity index (χ3v) is 9.28. The Bertz CT molecular complexity index is 551. The molecule has 6 atom stereocenters. The Balaban J connectivity index is 1.46. The van der Waals surface area contributed by atoms with Crippen molar-refractivity contribution in [1.82, 2.24) is 0 Å². The maximum absolute atomic E-state index is 12.0. The summed E-state index contributed by atoms with van der Waals surface area (Å²) in [4.78, 5) is 12.0. The third-order valence-electron chi connectivity index (χ3n) is 9.28. The number of carbonyl (C=O) groups is 1. The van der Waals surface area contributed by atoms with E-state index in [4.69, 9.17) is 9.47 Å². The molecule has 4 aliphatic carbocycles. The first kappa shape index (κ1) is 15.8. The minimum absolute atomic E-state index is 0.207. The van der Waals surface area contributed by atoms with Crippen LogP contribution in [0.1, 0.15) is 71.6 Å². The molecule has 0 amide bonds. The Labute approximate surface area is 145 Å². The second-order valence-corrected chi connectivity index (χ2v) is 9.84. The SMILES string of the molecule is C[C@@]12CCC(=O)C[C@@H]1CC[C@H]1[C@H]3CCC4(OCCO4)[C@]3(C)CC[C@@H]12. The highest BCUT2D eigenvalue weighted by molar-refractivity contribution is 5.79. The molecule has 3 heteroatoms.